The van der Waals surface area contributed by atoms with Crippen LogP contribution in [-0.4, -0.2) is 18.1 Å². The Balaban J connectivity index is 0.00000144. The van der Waals surface area contributed by atoms with Crippen molar-refractivity contribution in [3.05, 3.63) is 23.8 Å². The van der Waals surface area contributed by atoms with Crippen molar-refractivity contribution in [1.82, 2.24) is 6.15 Å². The first-order valence-electron chi connectivity index (χ1n) is 3.19. The van der Waals surface area contributed by atoms with Gasteiger partial charge in [0.25, 0.3) is 10.1 Å². The van der Waals surface area contributed by atoms with Gasteiger partial charge in [-0.1, -0.05) is 12.1 Å². The van der Waals surface area contributed by atoms with Crippen LogP contribution in [-0.2, 0) is 10.1 Å². The topological polar surface area (TPSA) is 110 Å². The summed E-state index contributed by atoms with van der Waals surface area (Å²) in [6.07, 6.45) is 0. The van der Waals surface area contributed by atoms with Gasteiger partial charge in [0, 0.05) is 0 Å². The smallest absolute Gasteiger partial charge is 0.298 e. The van der Waals surface area contributed by atoms with E-state index in [0.29, 0.717) is 5.56 Å². The molecule has 74 valence electrons. The molecule has 0 spiro atoms. The minimum Gasteiger partial charge on any atom is -0.506 e. The van der Waals surface area contributed by atoms with Crippen molar-refractivity contribution in [2.45, 2.75) is 11.8 Å². The summed E-state index contributed by atoms with van der Waals surface area (Å²) in [6, 6.07) is 4.12. The largest absolute Gasteiger partial charge is 0.506 e. The first-order valence-corrected chi connectivity index (χ1v) is 4.63. The number of hydrogen-bond donors (Lipinski definition) is 3. The monoisotopic (exact) mass is 205 g/mol. The van der Waals surface area contributed by atoms with Crippen LogP contribution in [0.2, 0.25) is 0 Å². The zero-order valence-corrected chi connectivity index (χ0v) is 7.87. The third-order valence-electron chi connectivity index (χ3n) is 1.48. The quantitative estimate of drug-likeness (QED) is 0.595. The van der Waals surface area contributed by atoms with Crippen molar-refractivity contribution in [2.24, 2.45) is 0 Å². The summed E-state index contributed by atoms with van der Waals surface area (Å²) in [6.45, 7) is 1.55. The van der Waals surface area contributed by atoms with E-state index in [1.54, 1.807) is 13.0 Å². The molecule has 0 heterocycles. The highest BCUT2D eigenvalue weighted by Gasteiger charge is 2.15. The van der Waals surface area contributed by atoms with E-state index >= 15 is 0 Å². The van der Waals surface area contributed by atoms with Gasteiger partial charge in [-0.15, -0.1) is 0 Å². The van der Waals surface area contributed by atoms with E-state index in [-0.39, 0.29) is 6.15 Å². The van der Waals surface area contributed by atoms with Crippen LogP contribution in [0, 0.1) is 6.92 Å². The molecule has 1 rings (SSSR count). The fraction of sp³-hybridized carbons (Fsp3) is 0.143. The molecule has 0 aliphatic carbocycles. The average molecular weight is 205 g/mol. The summed E-state index contributed by atoms with van der Waals surface area (Å²) >= 11 is 0. The fourth-order valence-corrected chi connectivity index (χ4v) is 1.50. The maximum atomic E-state index is 10.6. The van der Waals surface area contributed by atoms with Gasteiger partial charge in [-0.25, -0.2) is 0 Å². The Bertz CT molecular complexity index is 399. The zero-order chi connectivity index (χ0) is 9.35. The molecule has 1 aromatic rings. The summed E-state index contributed by atoms with van der Waals surface area (Å²) in [7, 11) is -4.31. The average Bonchev–Trinajstić information content (AvgIpc) is 1.92. The molecule has 0 aliphatic rings. The Hall–Kier alpha value is -1.11. The van der Waals surface area contributed by atoms with Crippen LogP contribution in [0.3, 0.4) is 0 Å². The van der Waals surface area contributed by atoms with Crippen LogP contribution in [0.1, 0.15) is 5.56 Å². The molecule has 0 saturated heterocycles. The van der Waals surface area contributed by atoms with Crippen LogP contribution in [0.4, 0.5) is 0 Å². The van der Waals surface area contributed by atoms with Crippen molar-refractivity contribution < 1.29 is 18.1 Å². The molecule has 0 radical (unpaired) electrons. The number of benzene rings is 1. The van der Waals surface area contributed by atoms with Crippen molar-refractivity contribution in [2.75, 3.05) is 0 Å². The van der Waals surface area contributed by atoms with Gasteiger partial charge in [0.05, 0.1) is 0 Å². The van der Waals surface area contributed by atoms with Crippen LogP contribution in [0.5, 0.6) is 5.75 Å². The fourth-order valence-electron chi connectivity index (χ4n) is 0.840. The SMILES string of the molecule is Cc1cccc(S(=O)(=O)O)c1O.N. The predicted octanol–water partition coefficient (Wildman–Crippen LogP) is 1.11. The second-order valence-electron chi connectivity index (χ2n) is 2.40. The summed E-state index contributed by atoms with van der Waals surface area (Å²) in [5.41, 5.74) is 0.408. The normalized spacial score (nSPS) is 10.6. The molecule has 13 heavy (non-hydrogen) atoms. The molecular formula is C7H11NO4S. The lowest BCUT2D eigenvalue weighted by atomic mass is 10.2. The number of phenols is 1. The molecule has 5 N–H and O–H groups in total. The summed E-state index contributed by atoms with van der Waals surface area (Å²) in [4.78, 5) is -0.456. The molecule has 0 saturated carbocycles. The molecule has 0 amide bonds. The maximum absolute atomic E-state index is 10.6. The molecular weight excluding hydrogens is 194 g/mol. The van der Waals surface area contributed by atoms with Gasteiger partial charge in [0.1, 0.15) is 10.6 Å². The lowest BCUT2D eigenvalue weighted by Crippen LogP contribution is -1.98. The third-order valence-corrected chi connectivity index (χ3v) is 2.36. The highest BCUT2D eigenvalue weighted by Crippen LogP contribution is 2.25. The third kappa shape index (κ3) is 2.41. The molecule has 0 fully saturated rings. The maximum Gasteiger partial charge on any atom is 0.298 e. The molecule has 0 aromatic heterocycles. The van der Waals surface area contributed by atoms with Gasteiger partial charge in [0.15, 0.2) is 0 Å². The Morgan fingerprint density at radius 3 is 2.23 bits per heavy atom. The summed E-state index contributed by atoms with van der Waals surface area (Å²) in [5, 5.41) is 9.19. The summed E-state index contributed by atoms with van der Waals surface area (Å²) < 4.78 is 29.8. The zero-order valence-electron chi connectivity index (χ0n) is 7.06. The number of phenolic OH excluding ortho intramolecular Hbond substituents is 1. The van der Waals surface area contributed by atoms with Gasteiger partial charge in [-0.3, -0.25) is 4.55 Å². The molecule has 6 heteroatoms. The Labute approximate surface area is 76.4 Å². The van der Waals surface area contributed by atoms with E-state index in [0.717, 1.165) is 6.07 Å². The van der Waals surface area contributed by atoms with Crippen LogP contribution >= 0.6 is 0 Å². The Kier molecular flexibility index (Phi) is 3.42. The van der Waals surface area contributed by atoms with Crippen molar-refractivity contribution in [1.29, 1.82) is 0 Å². The van der Waals surface area contributed by atoms with E-state index in [9.17, 15) is 13.5 Å². The number of aryl methyl sites for hydroxylation is 1. The predicted molar refractivity (Wildman–Crippen MR) is 47.7 cm³/mol. The van der Waals surface area contributed by atoms with Gasteiger partial charge in [-0.05, 0) is 18.6 Å². The van der Waals surface area contributed by atoms with Crippen molar-refractivity contribution in [3.63, 3.8) is 0 Å². The highest BCUT2D eigenvalue weighted by atomic mass is 32.2. The summed E-state index contributed by atoms with van der Waals surface area (Å²) in [5.74, 6) is -0.403. The second kappa shape index (κ2) is 3.73. The van der Waals surface area contributed by atoms with Crippen molar-refractivity contribution in [3.8, 4) is 5.75 Å². The van der Waals surface area contributed by atoms with E-state index in [4.69, 9.17) is 4.55 Å². The van der Waals surface area contributed by atoms with Crippen LogP contribution < -0.4 is 6.15 Å². The molecule has 0 unspecified atom stereocenters. The van der Waals surface area contributed by atoms with E-state index in [1.165, 1.54) is 6.07 Å². The lowest BCUT2D eigenvalue weighted by Gasteiger charge is -2.02. The minimum absolute atomic E-state index is 0. The molecule has 0 aliphatic heterocycles. The number of para-hydroxylation sites is 1. The Morgan fingerprint density at radius 2 is 1.85 bits per heavy atom. The van der Waals surface area contributed by atoms with E-state index in [2.05, 4.69) is 0 Å². The molecule has 0 atom stereocenters. The number of hydrogen-bond acceptors (Lipinski definition) is 4. The van der Waals surface area contributed by atoms with Gasteiger partial charge >= 0.3 is 0 Å². The van der Waals surface area contributed by atoms with Crippen LogP contribution in [0.25, 0.3) is 0 Å². The number of rotatable bonds is 1. The number of aromatic hydroxyl groups is 1. The lowest BCUT2D eigenvalue weighted by molar-refractivity contribution is 0.440. The molecule has 1 aromatic carbocycles. The van der Waals surface area contributed by atoms with E-state index in [1.807, 2.05) is 0 Å². The highest BCUT2D eigenvalue weighted by molar-refractivity contribution is 7.86. The first kappa shape index (κ1) is 11.9. The standard InChI is InChI=1S/C7H8O4S.H3N/c1-5-3-2-4-6(7(5)8)12(9,10)11;/h2-4,8H,1H3,(H,9,10,11);1H3. The van der Waals surface area contributed by atoms with Gasteiger partial charge < -0.3 is 11.3 Å². The molecule has 5 nitrogen and oxygen atoms in total. The van der Waals surface area contributed by atoms with Gasteiger partial charge in [0.2, 0.25) is 0 Å². The molecule has 0 bridgehead atoms. The second-order valence-corrected chi connectivity index (χ2v) is 3.79. The van der Waals surface area contributed by atoms with Crippen LogP contribution in [0.15, 0.2) is 23.1 Å². The van der Waals surface area contributed by atoms with E-state index < -0.39 is 20.8 Å². The Morgan fingerprint density at radius 1 is 1.31 bits per heavy atom. The van der Waals surface area contributed by atoms with Gasteiger partial charge in [-0.2, -0.15) is 8.42 Å². The first-order chi connectivity index (χ1) is 5.43. The minimum atomic E-state index is -4.31. The van der Waals surface area contributed by atoms with Crippen molar-refractivity contribution >= 4 is 10.1 Å².